The molecule has 1 atom stereocenters. The second-order valence-electron chi connectivity index (χ2n) is 5.25. The van der Waals surface area contributed by atoms with Crippen molar-refractivity contribution in [2.75, 3.05) is 0 Å². The van der Waals surface area contributed by atoms with Crippen molar-refractivity contribution in [3.05, 3.63) is 47.5 Å². The summed E-state index contributed by atoms with van der Waals surface area (Å²) >= 11 is 10.1. The first kappa shape index (κ1) is 14.8. The maximum atomic E-state index is 11.4. The van der Waals surface area contributed by atoms with Crippen LogP contribution in [0.15, 0.2) is 31.4 Å². The molecule has 0 aromatic heterocycles. The summed E-state index contributed by atoms with van der Waals surface area (Å²) in [4.78, 5) is 11.8. The zero-order chi connectivity index (χ0) is 14.0. The number of benzene rings is 1. The van der Waals surface area contributed by atoms with Gasteiger partial charge in [-0.3, -0.25) is 4.79 Å². The normalized spacial score (nSPS) is 23.7. The monoisotopic (exact) mass is 340 g/mol. The topological polar surface area (TPSA) is 17.1 Å². The summed E-state index contributed by atoms with van der Waals surface area (Å²) in [6, 6.07) is 6.14. The first-order chi connectivity index (χ1) is 9.12. The molecule has 2 aliphatic carbocycles. The Labute approximate surface area is 128 Å². The van der Waals surface area contributed by atoms with E-state index in [1.165, 1.54) is 11.1 Å². The first-order valence-corrected chi connectivity index (χ1v) is 7.85. The Morgan fingerprint density at radius 2 is 1.89 bits per heavy atom. The molecule has 19 heavy (non-hydrogen) atoms. The maximum absolute atomic E-state index is 11.4. The van der Waals surface area contributed by atoms with Crippen molar-refractivity contribution in [2.45, 2.75) is 36.9 Å². The second kappa shape index (κ2) is 5.80. The molecule has 0 N–H and O–H groups in total. The number of Topliss-reactive ketones (excluding diaryl/α,β-unsaturated/α-hetero) is 1. The minimum Gasteiger partial charge on any atom is -0.300 e. The Kier molecular flexibility index (Phi) is 4.52. The predicted octanol–water partition coefficient (Wildman–Crippen LogP) is 5.26. The van der Waals surface area contributed by atoms with E-state index in [4.69, 9.17) is 11.6 Å². The molecule has 1 unspecified atom stereocenters. The summed E-state index contributed by atoms with van der Waals surface area (Å²) in [5.74, 6) is 0.414. The van der Waals surface area contributed by atoms with Gasteiger partial charge in [0.05, 0.1) is 0 Å². The number of rotatable bonds is 0. The Morgan fingerprint density at radius 1 is 1.26 bits per heavy atom. The summed E-state index contributed by atoms with van der Waals surface area (Å²) in [6.45, 7) is 6.00. The molecule has 1 saturated carbocycles. The molecule has 0 amide bonds. The van der Waals surface area contributed by atoms with E-state index >= 15 is 0 Å². The van der Waals surface area contributed by atoms with E-state index in [1.807, 2.05) is 12.1 Å². The van der Waals surface area contributed by atoms with Crippen LogP contribution >= 0.6 is 27.5 Å². The highest BCUT2D eigenvalue weighted by Gasteiger charge is 2.47. The fourth-order valence-corrected chi connectivity index (χ4v) is 4.53. The highest BCUT2D eigenvalue weighted by atomic mass is 79.9. The van der Waals surface area contributed by atoms with Crippen molar-refractivity contribution in [1.29, 1.82) is 0 Å². The number of carbonyl (C=O) groups excluding carboxylic acids is 1. The van der Waals surface area contributed by atoms with Gasteiger partial charge in [0.2, 0.25) is 0 Å². The van der Waals surface area contributed by atoms with Crippen LogP contribution in [-0.2, 0) is 11.2 Å². The minimum absolute atomic E-state index is 0.223. The molecule has 1 aromatic carbocycles. The maximum Gasteiger partial charge on any atom is 0.132 e. The zero-order valence-corrected chi connectivity index (χ0v) is 13.3. The molecule has 1 nitrogen and oxygen atoms in total. The van der Waals surface area contributed by atoms with Crippen LogP contribution in [0.3, 0.4) is 0 Å². The molecule has 3 heteroatoms. The molecule has 1 aromatic rings. The molecular weight excluding hydrogens is 324 g/mol. The molecule has 0 radical (unpaired) electrons. The van der Waals surface area contributed by atoms with Gasteiger partial charge in [-0.05, 0) is 41.9 Å². The van der Waals surface area contributed by atoms with Crippen molar-refractivity contribution < 1.29 is 4.79 Å². The molecule has 1 fully saturated rings. The summed E-state index contributed by atoms with van der Waals surface area (Å²) in [6.07, 6.45) is 4.46. The molecule has 102 valence electrons. The SMILES string of the molecule is C=C.O=C1CCC2(CC1)Cc1c(Cl)cccc1C2Br. The van der Waals surface area contributed by atoms with Gasteiger partial charge in [0.15, 0.2) is 0 Å². The minimum atomic E-state index is 0.223. The standard InChI is InChI=1S/C14H14BrClO.C2H4/c15-13-10-2-1-3-12(16)11(10)8-14(13)6-4-9(17)5-7-14;1-2/h1-3,13H,4-8H2;1-2H2. The summed E-state index contributed by atoms with van der Waals surface area (Å²) in [7, 11) is 0. The highest BCUT2D eigenvalue weighted by Crippen LogP contribution is 2.58. The highest BCUT2D eigenvalue weighted by molar-refractivity contribution is 9.09. The number of fused-ring (bicyclic) bond motifs is 1. The van der Waals surface area contributed by atoms with E-state index in [9.17, 15) is 4.79 Å². The van der Waals surface area contributed by atoms with E-state index in [0.29, 0.717) is 10.6 Å². The largest absolute Gasteiger partial charge is 0.300 e. The van der Waals surface area contributed by atoms with Crippen molar-refractivity contribution >= 4 is 33.3 Å². The lowest BCUT2D eigenvalue weighted by molar-refractivity contribution is -0.122. The van der Waals surface area contributed by atoms with Crippen molar-refractivity contribution in [2.24, 2.45) is 5.41 Å². The first-order valence-electron chi connectivity index (χ1n) is 6.55. The summed E-state index contributed by atoms with van der Waals surface area (Å²) in [5, 5.41) is 0.876. The van der Waals surface area contributed by atoms with E-state index in [-0.39, 0.29) is 5.41 Å². The van der Waals surface area contributed by atoms with Crippen molar-refractivity contribution in [1.82, 2.24) is 0 Å². The number of ketones is 1. The van der Waals surface area contributed by atoms with Crippen LogP contribution < -0.4 is 0 Å². The van der Waals surface area contributed by atoms with Crippen LogP contribution in [0.2, 0.25) is 5.02 Å². The average Bonchev–Trinajstić information content (AvgIpc) is 2.72. The van der Waals surface area contributed by atoms with Gasteiger partial charge in [-0.25, -0.2) is 0 Å². The molecule has 2 aliphatic rings. The van der Waals surface area contributed by atoms with E-state index < -0.39 is 0 Å². The van der Waals surface area contributed by atoms with Crippen molar-refractivity contribution in [3.63, 3.8) is 0 Å². The molecule has 0 bridgehead atoms. The predicted molar refractivity (Wildman–Crippen MR) is 84.0 cm³/mol. The summed E-state index contributed by atoms with van der Waals surface area (Å²) < 4.78 is 0. The lowest BCUT2D eigenvalue weighted by Crippen LogP contribution is -2.29. The third-order valence-corrected chi connectivity index (χ3v) is 6.12. The number of hydrogen-bond acceptors (Lipinski definition) is 1. The van der Waals surface area contributed by atoms with Crippen LogP contribution in [0.5, 0.6) is 0 Å². The van der Waals surface area contributed by atoms with Crippen LogP contribution in [0, 0.1) is 5.41 Å². The van der Waals surface area contributed by atoms with Crippen LogP contribution in [-0.4, -0.2) is 5.78 Å². The van der Waals surface area contributed by atoms with Gasteiger partial charge < -0.3 is 0 Å². The van der Waals surface area contributed by atoms with Crippen LogP contribution in [0.4, 0.5) is 0 Å². The fraction of sp³-hybridized carbons (Fsp3) is 0.438. The van der Waals surface area contributed by atoms with Gasteiger partial charge in [-0.15, -0.1) is 13.2 Å². The Bertz CT molecular complexity index is 488. The third-order valence-electron chi connectivity index (χ3n) is 4.30. The number of carbonyl (C=O) groups is 1. The molecular formula is C16H18BrClO. The molecule has 3 rings (SSSR count). The third kappa shape index (κ3) is 2.53. The number of hydrogen-bond donors (Lipinski definition) is 0. The molecule has 0 aliphatic heterocycles. The molecule has 0 heterocycles. The lowest BCUT2D eigenvalue weighted by atomic mass is 9.71. The number of alkyl halides is 1. The van der Waals surface area contributed by atoms with Gasteiger partial charge >= 0.3 is 0 Å². The smallest absolute Gasteiger partial charge is 0.132 e. The molecule has 1 spiro atoms. The van der Waals surface area contributed by atoms with Gasteiger partial charge in [-0.1, -0.05) is 39.7 Å². The van der Waals surface area contributed by atoms with Gasteiger partial charge in [0.25, 0.3) is 0 Å². The lowest BCUT2D eigenvalue weighted by Gasteiger charge is -2.36. The van der Waals surface area contributed by atoms with E-state index in [1.54, 1.807) is 0 Å². The van der Waals surface area contributed by atoms with E-state index in [0.717, 1.165) is 37.1 Å². The van der Waals surface area contributed by atoms with Crippen LogP contribution in [0.1, 0.15) is 41.6 Å². The second-order valence-corrected chi connectivity index (χ2v) is 6.57. The quantitative estimate of drug-likeness (QED) is 0.464. The average molecular weight is 342 g/mol. The summed E-state index contributed by atoms with van der Waals surface area (Å²) in [5.41, 5.74) is 2.83. The van der Waals surface area contributed by atoms with Gasteiger partial charge in [-0.2, -0.15) is 0 Å². The van der Waals surface area contributed by atoms with Gasteiger partial charge in [0, 0.05) is 22.7 Å². The van der Waals surface area contributed by atoms with Crippen LogP contribution in [0.25, 0.3) is 0 Å². The van der Waals surface area contributed by atoms with Gasteiger partial charge in [0.1, 0.15) is 5.78 Å². The fourth-order valence-electron chi connectivity index (χ4n) is 3.23. The molecule has 0 saturated heterocycles. The Balaban J connectivity index is 0.000000637. The Morgan fingerprint density at radius 3 is 2.47 bits per heavy atom. The zero-order valence-electron chi connectivity index (χ0n) is 10.9. The van der Waals surface area contributed by atoms with E-state index in [2.05, 4.69) is 35.2 Å². The van der Waals surface area contributed by atoms with Crippen molar-refractivity contribution in [3.8, 4) is 0 Å². The Hall–Kier alpha value is -0.600. The number of halogens is 2.